The number of para-hydroxylation sites is 1. The molecular weight excluding hydrogens is 269 g/mol. The zero-order chi connectivity index (χ0) is 14.7. The van der Waals surface area contributed by atoms with Gasteiger partial charge in [-0.15, -0.1) is 10.2 Å². The van der Waals surface area contributed by atoms with Crippen LogP contribution in [0.2, 0.25) is 0 Å². The maximum atomic E-state index is 13.1. The highest BCUT2D eigenvalue weighted by Gasteiger charge is 2.12. The van der Waals surface area contributed by atoms with Crippen LogP contribution in [0.25, 0.3) is 0 Å². The van der Waals surface area contributed by atoms with Gasteiger partial charge >= 0.3 is 0 Å². The monoisotopic (exact) mass is 277 g/mol. The van der Waals surface area contributed by atoms with Gasteiger partial charge in [0.1, 0.15) is 11.4 Å². The average Bonchev–Trinajstić information content (AvgIpc) is 2.41. The predicted octanol–water partition coefficient (Wildman–Crippen LogP) is 3.56. The van der Waals surface area contributed by atoms with E-state index in [0.717, 1.165) is 12.1 Å². The lowest BCUT2D eigenvalue weighted by atomic mass is 10.2. The summed E-state index contributed by atoms with van der Waals surface area (Å²) in [4.78, 5) is 10.1. The van der Waals surface area contributed by atoms with Crippen LogP contribution in [-0.2, 0) is 0 Å². The molecule has 0 bridgehead atoms. The van der Waals surface area contributed by atoms with Crippen molar-refractivity contribution in [2.45, 2.75) is 0 Å². The van der Waals surface area contributed by atoms with Crippen LogP contribution in [-0.4, -0.2) is 15.1 Å². The van der Waals surface area contributed by atoms with Crippen LogP contribution in [0.15, 0.2) is 46.6 Å². The van der Waals surface area contributed by atoms with E-state index >= 15 is 0 Å². The number of nitro groups is 1. The maximum absolute atomic E-state index is 13.1. The summed E-state index contributed by atoms with van der Waals surface area (Å²) in [5.41, 5.74) is -0.557. The first-order valence-corrected chi connectivity index (χ1v) is 5.35. The molecule has 0 saturated carbocycles. The molecule has 102 valence electrons. The highest BCUT2D eigenvalue weighted by Crippen LogP contribution is 2.35. The standard InChI is InChI=1S/C12H8FN3O4/c13-7-5-9(12(18)6-11(7)17)15-14-8-3-1-2-4-10(8)16(19)20/h1-6,17-18H. The molecule has 0 spiro atoms. The Morgan fingerprint density at radius 3 is 2.40 bits per heavy atom. The fourth-order valence-electron chi connectivity index (χ4n) is 1.43. The molecule has 20 heavy (non-hydrogen) atoms. The maximum Gasteiger partial charge on any atom is 0.296 e. The lowest BCUT2D eigenvalue weighted by Gasteiger charge is -2.00. The van der Waals surface area contributed by atoms with Crippen LogP contribution in [0.3, 0.4) is 0 Å². The molecule has 0 amide bonds. The van der Waals surface area contributed by atoms with Gasteiger partial charge in [0, 0.05) is 18.2 Å². The molecule has 7 nitrogen and oxygen atoms in total. The minimum atomic E-state index is -0.987. The number of benzene rings is 2. The third-order valence-corrected chi connectivity index (χ3v) is 2.39. The molecule has 0 saturated heterocycles. The normalized spacial score (nSPS) is 10.8. The van der Waals surface area contributed by atoms with E-state index in [1.54, 1.807) is 0 Å². The minimum absolute atomic E-state index is 0.0367. The van der Waals surface area contributed by atoms with E-state index in [4.69, 9.17) is 5.11 Å². The molecule has 0 radical (unpaired) electrons. The smallest absolute Gasteiger partial charge is 0.296 e. The third-order valence-electron chi connectivity index (χ3n) is 2.39. The zero-order valence-electron chi connectivity index (χ0n) is 9.89. The molecule has 0 heterocycles. The molecule has 0 aliphatic heterocycles. The number of rotatable bonds is 3. The highest BCUT2D eigenvalue weighted by atomic mass is 19.1. The first-order valence-electron chi connectivity index (χ1n) is 5.35. The topological polar surface area (TPSA) is 108 Å². The Morgan fingerprint density at radius 1 is 1.05 bits per heavy atom. The fraction of sp³-hybridized carbons (Fsp3) is 0. The minimum Gasteiger partial charge on any atom is -0.505 e. The first kappa shape index (κ1) is 13.4. The van der Waals surface area contributed by atoms with E-state index in [9.17, 15) is 19.6 Å². The second-order valence-corrected chi connectivity index (χ2v) is 3.74. The van der Waals surface area contributed by atoms with Gasteiger partial charge in [0.2, 0.25) is 0 Å². The van der Waals surface area contributed by atoms with Crippen molar-refractivity contribution in [2.75, 3.05) is 0 Å². The summed E-state index contributed by atoms with van der Waals surface area (Å²) in [5.74, 6) is -2.21. The molecule has 2 N–H and O–H groups in total. The summed E-state index contributed by atoms with van der Waals surface area (Å²) in [6.45, 7) is 0. The number of hydrogen-bond donors (Lipinski definition) is 2. The fourth-order valence-corrected chi connectivity index (χ4v) is 1.43. The number of halogens is 1. The van der Waals surface area contributed by atoms with Gasteiger partial charge in [0.05, 0.1) is 4.92 Å². The quantitative estimate of drug-likeness (QED) is 0.507. The van der Waals surface area contributed by atoms with Gasteiger partial charge in [-0.3, -0.25) is 10.1 Å². The van der Waals surface area contributed by atoms with Crippen molar-refractivity contribution >= 4 is 17.1 Å². The van der Waals surface area contributed by atoms with Crippen LogP contribution >= 0.6 is 0 Å². The SMILES string of the molecule is O=[N+]([O-])c1ccccc1N=Nc1cc(F)c(O)cc1O. The largest absolute Gasteiger partial charge is 0.505 e. The Hall–Kier alpha value is -3.03. The molecule has 0 aromatic heterocycles. The van der Waals surface area contributed by atoms with Crippen LogP contribution < -0.4 is 0 Å². The van der Waals surface area contributed by atoms with Gasteiger partial charge in [-0.2, -0.15) is 0 Å². The van der Waals surface area contributed by atoms with Crippen molar-refractivity contribution in [3.8, 4) is 11.5 Å². The molecule has 8 heteroatoms. The molecule has 2 rings (SSSR count). The van der Waals surface area contributed by atoms with Crippen molar-refractivity contribution < 1.29 is 19.5 Å². The van der Waals surface area contributed by atoms with Gasteiger partial charge in [-0.25, -0.2) is 4.39 Å². The van der Waals surface area contributed by atoms with Crippen LogP contribution in [0.4, 0.5) is 21.5 Å². The second-order valence-electron chi connectivity index (χ2n) is 3.74. The van der Waals surface area contributed by atoms with Crippen molar-refractivity contribution in [1.29, 1.82) is 0 Å². The first-order chi connectivity index (χ1) is 9.49. The number of nitro benzene ring substituents is 1. The van der Waals surface area contributed by atoms with E-state index in [2.05, 4.69) is 10.2 Å². The lowest BCUT2D eigenvalue weighted by Crippen LogP contribution is -1.87. The molecule has 0 aliphatic rings. The third kappa shape index (κ3) is 2.69. The van der Waals surface area contributed by atoms with Crippen LogP contribution in [0.1, 0.15) is 0 Å². The Morgan fingerprint density at radius 2 is 1.70 bits per heavy atom. The van der Waals surface area contributed by atoms with Crippen LogP contribution in [0.5, 0.6) is 11.5 Å². The molecule has 2 aromatic rings. The van der Waals surface area contributed by atoms with E-state index in [1.165, 1.54) is 24.3 Å². The van der Waals surface area contributed by atoms with Crippen molar-refractivity contribution in [1.82, 2.24) is 0 Å². The van der Waals surface area contributed by atoms with Crippen molar-refractivity contribution in [3.63, 3.8) is 0 Å². The van der Waals surface area contributed by atoms with Crippen molar-refractivity contribution in [2.24, 2.45) is 10.2 Å². The summed E-state index contributed by atoms with van der Waals surface area (Å²) in [7, 11) is 0. The second kappa shape index (κ2) is 5.31. The summed E-state index contributed by atoms with van der Waals surface area (Å²) in [6, 6.07) is 7.13. The van der Waals surface area contributed by atoms with E-state index in [0.29, 0.717) is 0 Å². The van der Waals surface area contributed by atoms with Gasteiger partial charge in [-0.05, 0) is 6.07 Å². The molecule has 2 aromatic carbocycles. The van der Waals surface area contributed by atoms with E-state index < -0.39 is 22.2 Å². The molecule has 0 atom stereocenters. The van der Waals surface area contributed by atoms with E-state index in [1.807, 2.05) is 0 Å². The number of hydrogen-bond acceptors (Lipinski definition) is 6. The predicted molar refractivity (Wildman–Crippen MR) is 67.0 cm³/mol. The lowest BCUT2D eigenvalue weighted by molar-refractivity contribution is -0.384. The Bertz CT molecular complexity index is 703. The Kier molecular flexibility index (Phi) is 3.56. The average molecular weight is 277 g/mol. The van der Waals surface area contributed by atoms with Gasteiger partial charge in [-0.1, -0.05) is 12.1 Å². The summed E-state index contributed by atoms with van der Waals surface area (Å²) >= 11 is 0. The summed E-state index contributed by atoms with van der Waals surface area (Å²) < 4.78 is 13.1. The molecule has 0 aliphatic carbocycles. The van der Waals surface area contributed by atoms with Gasteiger partial charge in [0.15, 0.2) is 17.3 Å². The summed E-state index contributed by atoms with van der Waals surface area (Å²) in [5, 5.41) is 36.4. The number of aromatic hydroxyl groups is 2. The number of nitrogens with zero attached hydrogens (tertiary/aromatic N) is 3. The number of phenols is 2. The highest BCUT2D eigenvalue weighted by molar-refractivity contribution is 5.58. The zero-order valence-corrected chi connectivity index (χ0v) is 9.89. The van der Waals surface area contributed by atoms with Gasteiger partial charge in [0.25, 0.3) is 5.69 Å². The molecule has 0 unspecified atom stereocenters. The Labute approximate surface area is 111 Å². The number of azo groups is 1. The molecular formula is C12H8FN3O4. The van der Waals surface area contributed by atoms with Crippen molar-refractivity contribution in [3.05, 3.63) is 52.3 Å². The van der Waals surface area contributed by atoms with Gasteiger partial charge < -0.3 is 10.2 Å². The number of phenolic OH excluding ortho intramolecular Hbond substituents is 2. The molecule has 0 fully saturated rings. The van der Waals surface area contributed by atoms with E-state index in [-0.39, 0.29) is 17.1 Å². The Balaban J connectivity index is 2.40. The summed E-state index contributed by atoms with van der Waals surface area (Å²) in [6.07, 6.45) is 0. The van der Waals surface area contributed by atoms with Crippen LogP contribution in [0, 0.1) is 15.9 Å².